The number of rotatable bonds is 8. The zero-order valence-corrected chi connectivity index (χ0v) is 21.2. The van der Waals surface area contributed by atoms with E-state index in [-0.39, 0.29) is 5.91 Å². The normalized spacial score (nSPS) is 15.9. The highest BCUT2D eigenvalue weighted by atomic mass is 32.2. The number of hydrogen-bond acceptors (Lipinski definition) is 8. The Morgan fingerprint density at radius 1 is 1.34 bits per heavy atom. The van der Waals surface area contributed by atoms with Gasteiger partial charge < -0.3 is 20.7 Å². The van der Waals surface area contributed by atoms with Crippen LogP contribution in [0.5, 0.6) is 0 Å². The van der Waals surface area contributed by atoms with Gasteiger partial charge >= 0.3 is 0 Å². The molecule has 1 aliphatic heterocycles. The number of pyridine rings is 1. The van der Waals surface area contributed by atoms with E-state index in [1.54, 1.807) is 24.0 Å². The number of carbonyl (C=O) groups is 1. The van der Waals surface area contributed by atoms with Crippen LogP contribution in [0.15, 0.2) is 47.2 Å². The van der Waals surface area contributed by atoms with Crippen LogP contribution < -0.4 is 16.0 Å². The molecule has 0 atom stereocenters. The molecule has 4 rings (SSSR count). The number of carbonyl (C=O) groups excluding carboxylic acids is 1. The van der Waals surface area contributed by atoms with Crippen molar-refractivity contribution < 1.29 is 9.53 Å². The molecular weight excluding hydrogens is 460 g/mol. The monoisotopic (exact) mass is 492 g/mol. The average molecular weight is 493 g/mol. The molecule has 35 heavy (non-hydrogen) atoms. The Kier molecular flexibility index (Phi) is 8.20. The van der Waals surface area contributed by atoms with Crippen LogP contribution in [0.1, 0.15) is 30.9 Å². The number of likely N-dealkylation sites (N-methyl/N-ethyl adjacent to an activating group) is 1. The number of ether oxygens (including phenoxy) is 1. The molecule has 0 bridgehead atoms. The number of amides is 1. The lowest BCUT2D eigenvalue weighted by molar-refractivity contribution is -0.117. The van der Waals surface area contributed by atoms with Crippen molar-refractivity contribution in [1.82, 2.24) is 20.3 Å². The minimum Gasteiger partial charge on any atom is -0.383 e. The van der Waals surface area contributed by atoms with E-state index in [0.717, 1.165) is 70.4 Å². The molecular formula is C26H32N6O2S. The van der Waals surface area contributed by atoms with Gasteiger partial charge in [-0.15, -0.1) is 11.8 Å². The van der Waals surface area contributed by atoms with Gasteiger partial charge in [0.2, 0.25) is 5.91 Å². The Bertz CT molecular complexity index is 1170. The maximum Gasteiger partial charge on any atom is 0.247 e. The predicted octanol–water partition coefficient (Wildman–Crippen LogP) is 3.78. The third-order valence-electron chi connectivity index (χ3n) is 6.00. The summed E-state index contributed by atoms with van der Waals surface area (Å²) in [7, 11) is 0. The van der Waals surface area contributed by atoms with Crippen molar-refractivity contribution in [2.24, 2.45) is 0 Å². The highest BCUT2D eigenvalue weighted by Gasteiger charge is 2.21. The summed E-state index contributed by atoms with van der Waals surface area (Å²) in [6.07, 6.45) is 9.25. The smallest absolute Gasteiger partial charge is 0.247 e. The van der Waals surface area contributed by atoms with Crippen LogP contribution in [0, 0.1) is 6.92 Å². The Morgan fingerprint density at radius 2 is 2.14 bits per heavy atom. The molecule has 1 fully saturated rings. The van der Waals surface area contributed by atoms with E-state index < -0.39 is 0 Å². The molecule has 184 valence electrons. The first-order chi connectivity index (χ1) is 17.0. The lowest BCUT2D eigenvalue weighted by Crippen LogP contribution is -2.37. The Morgan fingerprint density at radius 3 is 2.89 bits per heavy atom. The van der Waals surface area contributed by atoms with Crippen molar-refractivity contribution in [3.8, 4) is 11.4 Å². The summed E-state index contributed by atoms with van der Waals surface area (Å²) < 4.78 is 5.55. The summed E-state index contributed by atoms with van der Waals surface area (Å²) in [5.41, 5.74) is 10.5. The number of anilines is 2. The number of aromatic nitrogens is 3. The molecule has 2 aliphatic rings. The zero-order chi connectivity index (χ0) is 24.8. The SMILES string of the molecule is C=Cc1cc(-c2nc(SCC3=CCCC(C(=O)NCC)=C3)c(C)c(N3CCOCC3)n2)cnc1N. The number of nitrogens with two attached hydrogens (primary N) is 1. The van der Waals surface area contributed by atoms with E-state index in [1.165, 1.54) is 0 Å². The average Bonchev–Trinajstić information content (AvgIpc) is 2.89. The number of nitrogens with one attached hydrogen (secondary N) is 1. The number of morpholine rings is 1. The van der Waals surface area contributed by atoms with Crippen molar-refractivity contribution in [3.05, 3.63) is 53.3 Å². The second-order valence-corrected chi connectivity index (χ2v) is 9.40. The summed E-state index contributed by atoms with van der Waals surface area (Å²) in [4.78, 5) is 28.7. The van der Waals surface area contributed by atoms with Crippen LogP contribution in [0.3, 0.4) is 0 Å². The van der Waals surface area contributed by atoms with Gasteiger partial charge in [0, 0.05) is 53.8 Å². The molecule has 9 heteroatoms. The molecule has 8 nitrogen and oxygen atoms in total. The van der Waals surface area contributed by atoms with Gasteiger partial charge in [0.25, 0.3) is 0 Å². The molecule has 1 aliphatic carbocycles. The second kappa shape index (κ2) is 11.5. The van der Waals surface area contributed by atoms with Crippen molar-refractivity contribution in [3.63, 3.8) is 0 Å². The van der Waals surface area contributed by atoms with Crippen molar-refractivity contribution >= 4 is 35.4 Å². The van der Waals surface area contributed by atoms with E-state index >= 15 is 0 Å². The number of nitrogens with zero attached hydrogens (tertiary/aromatic N) is 4. The maximum atomic E-state index is 12.3. The van der Waals surface area contributed by atoms with E-state index in [2.05, 4.69) is 34.8 Å². The molecule has 0 aromatic carbocycles. The quantitative estimate of drug-likeness (QED) is 0.424. The third kappa shape index (κ3) is 5.91. The van der Waals surface area contributed by atoms with E-state index in [1.807, 2.05) is 19.1 Å². The number of allylic oxidation sites excluding steroid dienone is 2. The lowest BCUT2D eigenvalue weighted by Gasteiger charge is -2.29. The fourth-order valence-corrected chi connectivity index (χ4v) is 5.05. The van der Waals surface area contributed by atoms with Gasteiger partial charge in [0.1, 0.15) is 16.7 Å². The molecule has 1 saturated heterocycles. The topological polar surface area (TPSA) is 106 Å². The predicted molar refractivity (Wildman–Crippen MR) is 142 cm³/mol. The minimum absolute atomic E-state index is 0.0204. The summed E-state index contributed by atoms with van der Waals surface area (Å²) in [6.45, 7) is 11.4. The molecule has 2 aromatic rings. The largest absolute Gasteiger partial charge is 0.383 e. The number of thioether (sulfide) groups is 1. The van der Waals surface area contributed by atoms with Crippen LogP contribution in [0.4, 0.5) is 11.6 Å². The van der Waals surface area contributed by atoms with Gasteiger partial charge in [0.05, 0.1) is 13.2 Å². The lowest BCUT2D eigenvalue weighted by atomic mass is 10.00. The summed E-state index contributed by atoms with van der Waals surface area (Å²) in [5.74, 6) is 2.69. The fraction of sp³-hybridized carbons (Fsp3) is 0.385. The zero-order valence-electron chi connectivity index (χ0n) is 20.3. The first-order valence-electron chi connectivity index (χ1n) is 11.9. The van der Waals surface area contributed by atoms with Crippen molar-refractivity contribution in [2.75, 3.05) is 49.2 Å². The maximum absolute atomic E-state index is 12.3. The summed E-state index contributed by atoms with van der Waals surface area (Å²) >= 11 is 1.66. The van der Waals surface area contributed by atoms with Crippen molar-refractivity contribution in [2.45, 2.75) is 31.7 Å². The first-order valence-corrected chi connectivity index (χ1v) is 12.9. The summed E-state index contributed by atoms with van der Waals surface area (Å²) in [5, 5.41) is 3.81. The van der Waals surface area contributed by atoms with Crippen molar-refractivity contribution in [1.29, 1.82) is 0 Å². The minimum atomic E-state index is 0.0204. The summed E-state index contributed by atoms with van der Waals surface area (Å²) in [6, 6.07) is 1.92. The molecule has 0 radical (unpaired) electrons. The second-order valence-electron chi connectivity index (χ2n) is 8.44. The molecule has 0 spiro atoms. The van der Waals surface area contributed by atoms with Gasteiger partial charge in [0.15, 0.2) is 5.82 Å². The van der Waals surface area contributed by atoms with Gasteiger partial charge in [-0.1, -0.05) is 18.7 Å². The van der Waals surface area contributed by atoms with Gasteiger partial charge in [-0.25, -0.2) is 15.0 Å². The van der Waals surface area contributed by atoms with Crippen LogP contribution >= 0.6 is 11.8 Å². The Labute approximate surface area is 210 Å². The Balaban J connectivity index is 1.65. The number of nitrogen functional groups attached to an aromatic ring is 1. The molecule has 0 unspecified atom stereocenters. The third-order valence-corrected chi connectivity index (χ3v) is 7.15. The standard InChI is InChI=1S/C26H32N6O2S/c1-4-19-14-21(15-29-22(19)27)23-30-24(32-9-11-34-12-10-32)17(3)26(31-23)35-16-18-7-6-8-20(13-18)25(33)28-5-2/h4,7,13-15H,1,5-6,8-12,16H2,2-3H3,(H2,27,29)(H,28,33). The molecule has 3 heterocycles. The van der Waals surface area contributed by atoms with Crippen LogP contribution in [-0.2, 0) is 9.53 Å². The van der Waals surface area contributed by atoms with Crippen LogP contribution in [-0.4, -0.2) is 59.5 Å². The van der Waals surface area contributed by atoms with Gasteiger partial charge in [-0.2, -0.15) is 0 Å². The van der Waals surface area contributed by atoms with E-state index in [4.69, 9.17) is 20.4 Å². The Hall–Kier alpha value is -3.17. The van der Waals surface area contributed by atoms with Gasteiger partial charge in [-0.3, -0.25) is 4.79 Å². The molecule has 3 N–H and O–H groups in total. The fourth-order valence-electron chi connectivity index (χ4n) is 4.09. The van der Waals surface area contributed by atoms with Crippen LogP contribution in [0.2, 0.25) is 0 Å². The molecule has 1 amide bonds. The van der Waals surface area contributed by atoms with Crippen LogP contribution in [0.25, 0.3) is 17.5 Å². The highest BCUT2D eigenvalue weighted by Crippen LogP contribution is 2.33. The number of hydrogen-bond donors (Lipinski definition) is 2. The highest BCUT2D eigenvalue weighted by molar-refractivity contribution is 7.99. The van der Waals surface area contributed by atoms with E-state index in [0.29, 0.717) is 31.4 Å². The first kappa shape index (κ1) is 24.9. The van der Waals surface area contributed by atoms with E-state index in [9.17, 15) is 4.79 Å². The molecule has 2 aromatic heterocycles. The molecule has 0 saturated carbocycles. The van der Waals surface area contributed by atoms with Gasteiger partial charge in [-0.05, 0) is 44.4 Å².